The van der Waals surface area contributed by atoms with Gasteiger partial charge in [0.05, 0.1) is 18.9 Å². The Bertz CT molecular complexity index is 1320. The Kier molecular flexibility index (Phi) is 9.13. The zero-order chi connectivity index (χ0) is 26.2. The Morgan fingerprint density at radius 2 is 1.80 bits per heavy atom. The summed E-state index contributed by atoms with van der Waals surface area (Å²) >= 11 is 0. The normalized spacial score (nSPS) is 11.1. The molecule has 0 aliphatic rings. The summed E-state index contributed by atoms with van der Waals surface area (Å²) in [6.07, 6.45) is 4.52. The minimum atomic E-state index is -4.24. The highest BCUT2D eigenvalue weighted by Gasteiger charge is 2.28. The molecule has 3 rings (SSSR count). The molecule has 14 heteroatoms. The van der Waals surface area contributed by atoms with E-state index in [9.17, 15) is 26.8 Å². The number of aliphatic carboxylic acids is 2. The molecule has 0 saturated heterocycles. The van der Waals surface area contributed by atoms with Crippen LogP contribution in [0.5, 0.6) is 5.88 Å². The van der Waals surface area contributed by atoms with E-state index in [0.29, 0.717) is 16.1 Å². The third-order valence-corrected chi connectivity index (χ3v) is 5.85. The van der Waals surface area contributed by atoms with Crippen LogP contribution >= 0.6 is 0 Å². The lowest BCUT2D eigenvalue weighted by atomic mass is 10.2. The molecular formula is C21H20F2N4O7S. The number of methoxy groups -OCH3 is 1. The lowest BCUT2D eigenvalue weighted by Gasteiger charge is -2.11. The maximum Gasteiger partial charge on any atom is 0.328 e. The Balaban J connectivity index is 0.000000466. The summed E-state index contributed by atoms with van der Waals surface area (Å²) in [7, 11) is -1.26. The van der Waals surface area contributed by atoms with Gasteiger partial charge in [-0.05, 0) is 25.2 Å². The minimum Gasteiger partial charge on any atom is -0.481 e. The average molecular weight is 510 g/mol. The first-order valence-electron chi connectivity index (χ1n) is 9.57. The summed E-state index contributed by atoms with van der Waals surface area (Å²) in [5.41, 5.74) is -0.620. The van der Waals surface area contributed by atoms with E-state index in [1.807, 2.05) is 0 Å². The van der Waals surface area contributed by atoms with Crippen LogP contribution in [0.25, 0.3) is 11.3 Å². The third kappa shape index (κ3) is 6.68. The number of carbonyl (C=O) groups is 2. The molecule has 0 aliphatic heterocycles. The van der Waals surface area contributed by atoms with E-state index in [1.54, 1.807) is 7.05 Å². The van der Waals surface area contributed by atoms with Crippen molar-refractivity contribution in [1.29, 1.82) is 0 Å². The van der Waals surface area contributed by atoms with Crippen LogP contribution in [0, 0.1) is 11.8 Å². The Morgan fingerprint density at radius 1 is 1.14 bits per heavy atom. The molecule has 3 heterocycles. The molecule has 11 nitrogen and oxygen atoms in total. The van der Waals surface area contributed by atoms with Crippen LogP contribution in [0.2, 0.25) is 0 Å². The topological polar surface area (TPSA) is 161 Å². The van der Waals surface area contributed by atoms with Crippen molar-refractivity contribution in [1.82, 2.24) is 19.3 Å². The van der Waals surface area contributed by atoms with Crippen molar-refractivity contribution in [3.63, 3.8) is 0 Å². The smallest absolute Gasteiger partial charge is 0.328 e. The minimum absolute atomic E-state index is 0.0596. The van der Waals surface area contributed by atoms with Crippen molar-refractivity contribution < 1.29 is 41.7 Å². The van der Waals surface area contributed by atoms with E-state index in [1.165, 1.54) is 37.6 Å². The van der Waals surface area contributed by atoms with E-state index < -0.39 is 39.4 Å². The molecule has 3 aromatic rings. The van der Waals surface area contributed by atoms with Crippen LogP contribution in [-0.2, 0) is 26.2 Å². The molecule has 0 amide bonds. The summed E-state index contributed by atoms with van der Waals surface area (Å²) in [5, 5.41) is 18.4. The van der Waals surface area contributed by atoms with Gasteiger partial charge in [-0.15, -0.1) is 0 Å². The largest absolute Gasteiger partial charge is 0.481 e. The SMILES string of the molecule is CNCc1cn(S(=O)(=O)c2ccc(OC)nc2)c(-c2cccnc2F)c1F.O=C(O)C=CC(=O)O. The first kappa shape index (κ1) is 27.1. The third-order valence-electron chi connectivity index (χ3n) is 4.21. The highest BCUT2D eigenvalue weighted by molar-refractivity contribution is 7.90. The maximum absolute atomic E-state index is 15.0. The molecular weight excluding hydrogens is 490 g/mol. The second-order valence-electron chi connectivity index (χ2n) is 6.54. The summed E-state index contributed by atoms with van der Waals surface area (Å²) in [5.74, 6) is -4.11. The number of halogens is 2. The van der Waals surface area contributed by atoms with Crippen LogP contribution in [0.3, 0.4) is 0 Å². The van der Waals surface area contributed by atoms with Gasteiger partial charge in [0.15, 0.2) is 5.82 Å². The van der Waals surface area contributed by atoms with E-state index in [4.69, 9.17) is 14.9 Å². The van der Waals surface area contributed by atoms with Crippen LogP contribution in [0.1, 0.15) is 5.56 Å². The zero-order valence-electron chi connectivity index (χ0n) is 18.3. The van der Waals surface area contributed by atoms with Gasteiger partial charge in [-0.1, -0.05) is 0 Å². The molecule has 0 fully saturated rings. The summed E-state index contributed by atoms with van der Waals surface area (Å²) in [6, 6.07) is 5.31. The van der Waals surface area contributed by atoms with Crippen LogP contribution in [0.15, 0.2) is 59.9 Å². The molecule has 3 N–H and O–H groups in total. The lowest BCUT2D eigenvalue weighted by molar-refractivity contribution is -0.134. The van der Waals surface area contributed by atoms with Gasteiger partial charge in [-0.25, -0.2) is 36.3 Å². The fourth-order valence-corrected chi connectivity index (χ4v) is 4.05. The van der Waals surface area contributed by atoms with Crippen LogP contribution in [0.4, 0.5) is 8.78 Å². The number of rotatable bonds is 8. The summed E-state index contributed by atoms with van der Waals surface area (Å²) < 4.78 is 60.9. The van der Waals surface area contributed by atoms with Gasteiger partial charge < -0.3 is 20.3 Å². The van der Waals surface area contributed by atoms with Crippen molar-refractivity contribution in [3.05, 3.63) is 72.3 Å². The number of nitrogens with one attached hydrogen (secondary N) is 1. The van der Waals surface area contributed by atoms with Gasteiger partial charge in [-0.2, -0.15) is 4.39 Å². The second-order valence-corrected chi connectivity index (χ2v) is 8.35. The van der Waals surface area contributed by atoms with Gasteiger partial charge in [0.25, 0.3) is 10.0 Å². The van der Waals surface area contributed by atoms with Gasteiger partial charge >= 0.3 is 11.9 Å². The van der Waals surface area contributed by atoms with Crippen LogP contribution < -0.4 is 10.1 Å². The fourth-order valence-electron chi connectivity index (χ4n) is 2.71. The lowest BCUT2D eigenvalue weighted by Crippen LogP contribution is -2.14. The summed E-state index contributed by atoms with van der Waals surface area (Å²) in [4.78, 5) is 26.3. The molecule has 0 bridgehead atoms. The highest BCUT2D eigenvalue weighted by atomic mass is 32.2. The predicted molar refractivity (Wildman–Crippen MR) is 118 cm³/mol. The Hall–Kier alpha value is -4.17. The monoisotopic (exact) mass is 510 g/mol. The zero-order valence-corrected chi connectivity index (χ0v) is 19.2. The van der Waals surface area contributed by atoms with Crippen molar-refractivity contribution in [2.75, 3.05) is 14.2 Å². The predicted octanol–water partition coefficient (Wildman–Crippen LogP) is 1.90. The maximum atomic E-state index is 15.0. The standard InChI is InChI=1S/C17H16F2N4O3S.C4H4O4/c1-20-8-11-10-23(16(15(11)18)13-4-3-7-21-17(13)19)27(24,25)12-5-6-14(26-2)22-9-12;5-3(6)1-2-4(7)8/h3-7,9-10,20H,8H2,1-2H3;1-2H,(H,5,6)(H,7,8). The Morgan fingerprint density at radius 3 is 2.29 bits per heavy atom. The second kappa shape index (κ2) is 11.8. The van der Waals surface area contributed by atoms with E-state index >= 15 is 0 Å². The number of pyridine rings is 2. The molecule has 35 heavy (non-hydrogen) atoms. The molecule has 186 valence electrons. The molecule has 0 spiro atoms. The van der Waals surface area contributed by atoms with Gasteiger partial charge in [-0.3, -0.25) is 0 Å². The first-order chi connectivity index (χ1) is 16.5. The van der Waals surface area contributed by atoms with Crippen molar-refractivity contribution >= 4 is 22.0 Å². The number of hydrogen-bond acceptors (Lipinski definition) is 8. The molecule has 0 saturated carbocycles. The molecule has 0 radical (unpaired) electrons. The number of aromatic nitrogens is 3. The van der Waals surface area contributed by atoms with Crippen molar-refractivity contribution in [2.45, 2.75) is 11.4 Å². The highest BCUT2D eigenvalue weighted by Crippen LogP contribution is 2.31. The molecule has 0 unspecified atom stereocenters. The number of nitrogens with zero attached hydrogens (tertiary/aromatic N) is 3. The van der Waals surface area contributed by atoms with Gasteiger partial charge in [0, 0.05) is 42.7 Å². The fraction of sp³-hybridized carbons (Fsp3) is 0.143. The summed E-state index contributed by atoms with van der Waals surface area (Å²) in [6.45, 7) is 0.0596. The van der Waals surface area contributed by atoms with E-state index in [0.717, 1.165) is 12.4 Å². The van der Waals surface area contributed by atoms with Gasteiger partial charge in [0.1, 0.15) is 10.6 Å². The molecule has 0 atom stereocenters. The van der Waals surface area contributed by atoms with Crippen LogP contribution in [-0.4, -0.2) is 58.7 Å². The van der Waals surface area contributed by atoms with Crippen molar-refractivity contribution in [2.24, 2.45) is 0 Å². The van der Waals surface area contributed by atoms with Gasteiger partial charge in [0.2, 0.25) is 11.8 Å². The Labute approximate surface area is 198 Å². The quantitative estimate of drug-likeness (QED) is 0.302. The number of carboxylic acids is 2. The van der Waals surface area contributed by atoms with E-state index in [-0.39, 0.29) is 28.4 Å². The molecule has 3 aromatic heterocycles. The number of ether oxygens (including phenoxy) is 1. The average Bonchev–Trinajstić information content (AvgIpc) is 3.15. The molecule has 0 aliphatic carbocycles. The van der Waals surface area contributed by atoms with Crippen molar-refractivity contribution in [3.8, 4) is 17.1 Å². The number of carboxylic acid groups (broad SMARTS) is 2. The number of hydrogen-bond donors (Lipinski definition) is 3. The molecule has 0 aromatic carbocycles. The van der Waals surface area contributed by atoms with E-state index in [2.05, 4.69) is 15.3 Å². The first-order valence-corrected chi connectivity index (χ1v) is 11.0.